The van der Waals surface area contributed by atoms with Gasteiger partial charge in [0.05, 0.1) is 11.9 Å². The summed E-state index contributed by atoms with van der Waals surface area (Å²) in [5, 5.41) is 13.0. The lowest BCUT2D eigenvalue weighted by molar-refractivity contribution is -0.157. The van der Waals surface area contributed by atoms with E-state index < -0.39 is 31.8 Å². The summed E-state index contributed by atoms with van der Waals surface area (Å²) in [4.78, 5) is 36.1. The van der Waals surface area contributed by atoms with Crippen molar-refractivity contribution >= 4 is 25.0 Å². The maximum Gasteiger partial charge on any atom is 0.547 e. The number of fused-ring (bicyclic) bond motifs is 1. The lowest BCUT2D eigenvalue weighted by atomic mass is 9.72. The van der Waals surface area contributed by atoms with Crippen LogP contribution < -0.4 is 9.97 Å². The van der Waals surface area contributed by atoms with Gasteiger partial charge in [0.15, 0.2) is 0 Å². The highest BCUT2D eigenvalue weighted by Crippen LogP contribution is 2.30. The molecule has 0 spiro atoms. The SMILES string of the molecule is CCCC(=O)NC1Cc2cccc(C(=O)OCOC(=O)C(CC)CC)c2OB1O. The van der Waals surface area contributed by atoms with Gasteiger partial charge in [-0.3, -0.25) is 9.59 Å². The van der Waals surface area contributed by atoms with E-state index in [1.165, 1.54) is 6.07 Å². The Hall–Kier alpha value is -2.55. The second-order valence-electron chi connectivity index (χ2n) is 6.96. The first-order valence-electron chi connectivity index (χ1n) is 10.0. The fourth-order valence-electron chi connectivity index (χ4n) is 3.17. The van der Waals surface area contributed by atoms with Gasteiger partial charge in [0.25, 0.3) is 0 Å². The van der Waals surface area contributed by atoms with E-state index in [1.54, 1.807) is 12.1 Å². The molecule has 1 aromatic rings. The second kappa shape index (κ2) is 10.9. The average Bonchev–Trinajstić information content (AvgIpc) is 2.69. The maximum absolute atomic E-state index is 12.4. The molecular weight excluding hydrogens is 377 g/mol. The van der Waals surface area contributed by atoms with Crippen LogP contribution in [0.1, 0.15) is 62.4 Å². The van der Waals surface area contributed by atoms with Gasteiger partial charge in [0.2, 0.25) is 12.7 Å². The molecule has 9 heteroatoms. The number of benzene rings is 1. The zero-order valence-corrected chi connectivity index (χ0v) is 17.1. The van der Waals surface area contributed by atoms with Gasteiger partial charge in [-0.05, 0) is 37.3 Å². The third-order valence-electron chi connectivity index (χ3n) is 4.87. The molecule has 0 aromatic heterocycles. The molecule has 1 unspecified atom stereocenters. The topological polar surface area (TPSA) is 111 Å². The maximum atomic E-state index is 12.4. The molecule has 0 fully saturated rings. The van der Waals surface area contributed by atoms with Crippen LogP contribution in [0.15, 0.2) is 18.2 Å². The highest BCUT2D eigenvalue weighted by molar-refractivity contribution is 6.47. The molecule has 1 heterocycles. The van der Waals surface area contributed by atoms with Crippen molar-refractivity contribution in [3.05, 3.63) is 29.3 Å². The quantitative estimate of drug-likeness (QED) is 0.367. The Kier molecular flexibility index (Phi) is 8.51. The van der Waals surface area contributed by atoms with Crippen molar-refractivity contribution in [1.82, 2.24) is 5.32 Å². The summed E-state index contributed by atoms with van der Waals surface area (Å²) in [5.74, 6) is -1.92. The Morgan fingerprint density at radius 2 is 1.97 bits per heavy atom. The first kappa shape index (κ1) is 22.7. The van der Waals surface area contributed by atoms with E-state index in [0.717, 1.165) is 0 Å². The predicted molar refractivity (Wildman–Crippen MR) is 106 cm³/mol. The van der Waals surface area contributed by atoms with Crippen LogP contribution >= 0.6 is 0 Å². The van der Waals surface area contributed by atoms with Crippen molar-refractivity contribution in [3.8, 4) is 5.75 Å². The summed E-state index contributed by atoms with van der Waals surface area (Å²) >= 11 is 0. The molecule has 0 saturated carbocycles. The molecule has 0 bridgehead atoms. The van der Waals surface area contributed by atoms with Gasteiger partial charge in [-0.1, -0.05) is 32.9 Å². The summed E-state index contributed by atoms with van der Waals surface area (Å²) in [6.45, 7) is 5.18. The Balaban J connectivity index is 2.01. The average molecular weight is 405 g/mol. The van der Waals surface area contributed by atoms with Gasteiger partial charge in [-0.25, -0.2) is 4.79 Å². The number of amides is 1. The van der Waals surface area contributed by atoms with E-state index in [0.29, 0.717) is 37.7 Å². The van der Waals surface area contributed by atoms with Crippen LogP contribution in [0.4, 0.5) is 0 Å². The van der Waals surface area contributed by atoms with E-state index >= 15 is 0 Å². The molecule has 0 aliphatic carbocycles. The van der Waals surface area contributed by atoms with E-state index in [9.17, 15) is 19.4 Å². The normalized spacial score (nSPS) is 15.3. The van der Waals surface area contributed by atoms with Crippen LogP contribution in [0.3, 0.4) is 0 Å². The largest absolute Gasteiger partial charge is 0.547 e. The van der Waals surface area contributed by atoms with Crippen LogP contribution in [0.5, 0.6) is 5.75 Å². The molecule has 2 rings (SSSR count). The van der Waals surface area contributed by atoms with Crippen molar-refractivity contribution in [2.45, 2.75) is 58.8 Å². The molecular formula is C20H28BNO7. The second-order valence-corrected chi connectivity index (χ2v) is 6.96. The van der Waals surface area contributed by atoms with Crippen molar-refractivity contribution in [1.29, 1.82) is 0 Å². The number of carbonyl (C=O) groups is 3. The number of para-hydroxylation sites is 1. The Morgan fingerprint density at radius 1 is 1.24 bits per heavy atom. The van der Waals surface area contributed by atoms with Gasteiger partial charge in [-0.2, -0.15) is 0 Å². The van der Waals surface area contributed by atoms with Crippen LogP contribution in [-0.2, 0) is 25.5 Å². The van der Waals surface area contributed by atoms with E-state index in [-0.39, 0.29) is 23.1 Å². The minimum atomic E-state index is -1.29. The predicted octanol–water partition coefficient (Wildman–Crippen LogP) is 2.02. The highest BCUT2D eigenvalue weighted by atomic mass is 16.7. The number of ether oxygens (including phenoxy) is 2. The van der Waals surface area contributed by atoms with Crippen LogP contribution in [-0.4, -0.2) is 42.7 Å². The Bertz CT molecular complexity index is 736. The Morgan fingerprint density at radius 3 is 2.62 bits per heavy atom. The van der Waals surface area contributed by atoms with Gasteiger partial charge >= 0.3 is 19.1 Å². The standard InChI is InChI=1S/C20H28BNO7/c1-4-8-17(23)22-16-11-14-9-7-10-15(18(14)29-21(16)26)20(25)28-12-27-19(24)13(5-2)6-3/h7,9-10,13,16,26H,4-6,8,11-12H2,1-3H3,(H,22,23). The molecule has 8 nitrogen and oxygen atoms in total. The highest BCUT2D eigenvalue weighted by Gasteiger charge is 2.37. The van der Waals surface area contributed by atoms with Crippen LogP contribution in [0.2, 0.25) is 0 Å². The third-order valence-corrected chi connectivity index (χ3v) is 4.87. The fraction of sp³-hybridized carbons (Fsp3) is 0.550. The van der Waals surface area contributed by atoms with Gasteiger partial charge in [0, 0.05) is 6.42 Å². The first-order valence-corrected chi connectivity index (χ1v) is 10.0. The van der Waals surface area contributed by atoms with Crippen LogP contribution in [0.25, 0.3) is 0 Å². The van der Waals surface area contributed by atoms with E-state index in [1.807, 2.05) is 20.8 Å². The smallest absolute Gasteiger partial charge is 0.534 e. The molecule has 1 aliphatic heterocycles. The molecule has 29 heavy (non-hydrogen) atoms. The lowest BCUT2D eigenvalue weighted by Crippen LogP contribution is -2.53. The fourth-order valence-corrected chi connectivity index (χ4v) is 3.17. The molecule has 1 amide bonds. The Labute approximate surface area is 171 Å². The molecule has 0 saturated heterocycles. The van der Waals surface area contributed by atoms with E-state index in [4.69, 9.17) is 14.1 Å². The molecule has 1 aliphatic rings. The molecule has 2 N–H and O–H groups in total. The minimum Gasteiger partial charge on any atom is -0.534 e. The molecule has 158 valence electrons. The number of nitrogens with one attached hydrogen (secondary N) is 1. The molecule has 0 radical (unpaired) electrons. The van der Waals surface area contributed by atoms with Gasteiger partial charge < -0.3 is 24.5 Å². The number of rotatable bonds is 9. The molecule has 1 atom stereocenters. The number of hydrogen-bond donors (Lipinski definition) is 2. The summed E-state index contributed by atoms with van der Waals surface area (Å²) in [6.07, 6.45) is 2.67. The lowest BCUT2D eigenvalue weighted by Gasteiger charge is -2.29. The van der Waals surface area contributed by atoms with Crippen molar-refractivity contribution in [2.75, 3.05) is 6.79 Å². The van der Waals surface area contributed by atoms with Crippen molar-refractivity contribution in [2.24, 2.45) is 5.92 Å². The van der Waals surface area contributed by atoms with Crippen LogP contribution in [0, 0.1) is 5.92 Å². The summed E-state index contributed by atoms with van der Waals surface area (Å²) in [5.41, 5.74) is 0.791. The zero-order valence-electron chi connectivity index (χ0n) is 17.1. The summed E-state index contributed by atoms with van der Waals surface area (Å²) in [7, 11) is -1.29. The summed E-state index contributed by atoms with van der Waals surface area (Å²) in [6, 6.07) is 4.92. The monoisotopic (exact) mass is 405 g/mol. The number of carbonyl (C=O) groups excluding carboxylic acids is 3. The third kappa shape index (κ3) is 5.96. The minimum absolute atomic E-state index is 0.124. The number of hydrogen-bond acceptors (Lipinski definition) is 7. The molecule has 1 aromatic carbocycles. The zero-order chi connectivity index (χ0) is 21.4. The van der Waals surface area contributed by atoms with E-state index in [2.05, 4.69) is 5.32 Å². The first-order chi connectivity index (χ1) is 13.9. The van der Waals surface area contributed by atoms with Crippen molar-refractivity contribution in [3.63, 3.8) is 0 Å². The van der Waals surface area contributed by atoms with Gasteiger partial charge in [-0.15, -0.1) is 0 Å². The van der Waals surface area contributed by atoms with Crippen molar-refractivity contribution < 1.29 is 33.5 Å². The summed E-state index contributed by atoms with van der Waals surface area (Å²) < 4.78 is 15.6. The number of esters is 2. The van der Waals surface area contributed by atoms with Gasteiger partial charge in [0.1, 0.15) is 11.3 Å².